The molecule has 0 bridgehead atoms. The highest BCUT2D eigenvalue weighted by Gasteiger charge is 2.45. The molecule has 2 aliphatic heterocycles. The monoisotopic (exact) mass is 355 g/mol. The molecule has 1 aromatic carbocycles. The van der Waals surface area contributed by atoms with Crippen LogP contribution in [0.2, 0.25) is 0 Å². The van der Waals surface area contributed by atoms with Gasteiger partial charge in [0.2, 0.25) is 0 Å². The van der Waals surface area contributed by atoms with Gasteiger partial charge in [0.05, 0.1) is 17.9 Å². The first-order valence-corrected chi connectivity index (χ1v) is 9.27. The second kappa shape index (κ2) is 7.21. The van der Waals surface area contributed by atoms with Crippen LogP contribution in [0.1, 0.15) is 36.0 Å². The fraction of sp³-hybridized carbons (Fsp3) is 0.500. The van der Waals surface area contributed by atoms with E-state index in [0.717, 1.165) is 43.4 Å². The number of aromatic amines is 1. The van der Waals surface area contributed by atoms with Crippen LogP contribution < -0.4 is 0 Å². The van der Waals surface area contributed by atoms with E-state index in [4.69, 9.17) is 9.47 Å². The zero-order chi connectivity index (χ0) is 18.0. The van der Waals surface area contributed by atoms with E-state index >= 15 is 0 Å². The lowest BCUT2D eigenvalue weighted by atomic mass is 9.81. The Morgan fingerprint density at radius 1 is 1.35 bits per heavy atom. The largest absolute Gasteiger partial charge is 0.378 e. The lowest BCUT2D eigenvalue weighted by molar-refractivity contribution is -0.183. The third-order valence-corrected chi connectivity index (χ3v) is 5.71. The molecule has 0 saturated carbocycles. The molecule has 2 aliphatic rings. The summed E-state index contributed by atoms with van der Waals surface area (Å²) in [6.07, 6.45) is 7.48. The highest BCUT2D eigenvalue weighted by Crippen LogP contribution is 2.37. The van der Waals surface area contributed by atoms with E-state index in [0.29, 0.717) is 18.7 Å². The van der Waals surface area contributed by atoms with Crippen LogP contribution in [0.4, 0.5) is 0 Å². The summed E-state index contributed by atoms with van der Waals surface area (Å²) in [7, 11) is 1.76. The smallest absolute Gasteiger partial charge is 0.253 e. The fourth-order valence-corrected chi connectivity index (χ4v) is 4.21. The predicted molar refractivity (Wildman–Crippen MR) is 97.9 cm³/mol. The van der Waals surface area contributed by atoms with Gasteiger partial charge in [-0.2, -0.15) is 5.10 Å². The minimum Gasteiger partial charge on any atom is -0.378 e. The van der Waals surface area contributed by atoms with Crippen LogP contribution in [0.25, 0.3) is 11.1 Å². The molecular weight excluding hydrogens is 330 g/mol. The van der Waals surface area contributed by atoms with Crippen LogP contribution >= 0.6 is 0 Å². The van der Waals surface area contributed by atoms with Crippen molar-refractivity contribution in [3.63, 3.8) is 0 Å². The normalized spacial score (nSPS) is 22.5. The Labute approximate surface area is 153 Å². The Bertz CT molecular complexity index is 751. The topological polar surface area (TPSA) is 67.5 Å². The van der Waals surface area contributed by atoms with Gasteiger partial charge in [0, 0.05) is 44.1 Å². The lowest BCUT2D eigenvalue weighted by Crippen LogP contribution is -2.56. The highest BCUT2D eigenvalue weighted by molar-refractivity contribution is 5.95. The number of carbonyl (C=O) groups is 1. The Balaban J connectivity index is 1.46. The average molecular weight is 355 g/mol. The molecule has 1 N–H and O–H groups in total. The molecule has 3 heterocycles. The molecule has 138 valence electrons. The number of hydrogen-bond acceptors (Lipinski definition) is 4. The number of carbonyl (C=O) groups excluding carboxylic acids is 1. The molecular formula is C20H25N3O3. The number of aromatic nitrogens is 2. The van der Waals surface area contributed by atoms with E-state index in [1.54, 1.807) is 13.3 Å². The van der Waals surface area contributed by atoms with Gasteiger partial charge in [-0.15, -0.1) is 0 Å². The van der Waals surface area contributed by atoms with Crippen molar-refractivity contribution in [1.29, 1.82) is 0 Å². The molecule has 1 spiro atoms. The van der Waals surface area contributed by atoms with Gasteiger partial charge in [0.1, 0.15) is 0 Å². The number of methoxy groups -OCH3 is 1. The Morgan fingerprint density at radius 2 is 2.19 bits per heavy atom. The molecule has 2 saturated heterocycles. The molecule has 2 aromatic rings. The highest BCUT2D eigenvalue weighted by atomic mass is 16.5. The summed E-state index contributed by atoms with van der Waals surface area (Å²) in [5.41, 5.74) is 2.47. The van der Waals surface area contributed by atoms with Gasteiger partial charge in [-0.1, -0.05) is 12.1 Å². The summed E-state index contributed by atoms with van der Waals surface area (Å²) in [4.78, 5) is 14.9. The molecule has 6 heteroatoms. The number of amides is 1. The number of nitrogens with one attached hydrogen (secondary N) is 1. The molecule has 1 atom stereocenters. The number of rotatable bonds is 3. The number of hydrogen-bond donors (Lipinski definition) is 1. The van der Waals surface area contributed by atoms with E-state index < -0.39 is 0 Å². The van der Waals surface area contributed by atoms with Crippen LogP contribution in [0.15, 0.2) is 36.7 Å². The summed E-state index contributed by atoms with van der Waals surface area (Å²) < 4.78 is 11.8. The number of piperidine rings is 1. The van der Waals surface area contributed by atoms with Crippen molar-refractivity contribution in [3.05, 3.63) is 42.2 Å². The minimum atomic E-state index is -0.220. The molecule has 0 radical (unpaired) electrons. The summed E-state index contributed by atoms with van der Waals surface area (Å²) in [6, 6.07) is 7.73. The quantitative estimate of drug-likeness (QED) is 0.919. The van der Waals surface area contributed by atoms with Gasteiger partial charge in [0.15, 0.2) is 0 Å². The Kier molecular flexibility index (Phi) is 4.78. The average Bonchev–Trinajstić information content (AvgIpc) is 3.23. The van der Waals surface area contributed by atoms with Crippen molar-refractivity contribution >= 4 is 5.91 Å². The summed E-state index contributed by atoms with van der Waals surface area (Å²) in [5.74, 6) is 0.0787. The van der Waals surface area contributed by atoms with E-state index in [-0.39, 0.29) is 17.6 Å². The van der Waals surface area contributed by atoms with Gasteiger partial charge < -0.3 is 14.4 Å². The van der Waals surface area contributed by atoms with E-state index in [1.165, 1.54) is 0 Å². The predicted octanol–water partition coefficient (Wildman–Crippen LogP) is 2.88. The third kappa shape index (κ3) is 3.15. The van der Waals surface area contributed by atoms with Gasteiger partial charge in [-0.05, 0) is 43.4 Å². The first-order chi connectivity index (χ1) is 12.7. The Hall–Kier alpha value is -2.18. The third-order valence-electron chi connectivity index (χ3n) is 5.71. The molecule has 2 fully saturated rings. The molecule has 0 aliphatic carbocycles. The van der Waals surface area contributed by atoms with Crippen LogP contribution in [0, 0.1) is 0 Å². The molecule has 26 heavy (non-hydrogen) atoms. The van der Waals surface area contributed by atoms with Crippen LogP contribution in [-0.4, -0.2) is 59.5 Å². The second-order valence-corrected chi connectivity index (χ2v) is 7.14. The van der Waals surface area contributed by atoms with Gasteiger partial charge >= 0.3 is 0 Å². The number of benzene rings is 1. The number of ether oxygens (including phenoxy) is 2. The van der Waals surface area contributed by atoms with Gasteiger partial charge in [-0.25, -0.2) is 0 Å². The minimum absolute atomic E-state index is 0.0787. The van der Waals surface area contributed by atoms with E-state index in [2.05, 4.69) is 10.2 Å². The van der Waals surface area contributed by atoms with Gasteiger partial charge in [-0.3, -0.25) is 9.89 Å². The maximum Gasteiger partial charge on any atom is 0.253 e. The molecule has 4 rings (SSSR count). The number of H-pyrrole nitrogens is 1. The Morgan fingerprint density at radius 3 is 2.92 bits per heavy atom. The van der Waals surface area contributed by atoms with Crippen LogP contribution in [0.3, 0.4) is 0 Å². The zero-order valence-electron chi connectivity index (χ0n) is 15.1. The van der Waals surface area contributed by atoms with Crippen molar-refractivity contribution in [2.45, 2.75) is 37.4 Å². The maximum atomic E-state index is 13.0. The number of likely N-dealkylation sites (tertiary alicyclic amines) is 1. The summed E-state index contributed by atoms with van der Waals surface area (Å²) in [5, 5.41) is 6.79. The van der Waals surface area contributed by atoms with Gasteiger partial charge in [0.25, 0.3) is 5.91 Å². The maximum absolute atomic E-state index is 13.0. The fourth-order valence-electron chi connectivity index (χ4n) is 4.21. The van der Waals surface area contributed by atoms with Crippen LogP contribution in [-0.2, 0) is 9.47 Å². The van der Waals surface area contributed by atoms with Crippen molar-refractivity contribution in [2.24, 2.45) is 0 Å². The summed E-state index contributed by atoms with van der Waals surface area (Å²) in [6.45, 7) is 2.20. The molecule has 1 amide bonds. The molecule has 0 unspecified atom stereocenters. The van der Waals surface area contributed by atoms with Crippen molar-refractivity contribution in [2.75, 3.05) is 26.8 Å². The molecule has 6 nitrogen and oxygen atoms in total. The van der Waals surface area contributed by atoms with Crippen molar-refractivity contribution < 1.29 is 14.3 Å². The molecule has 1 aromatic heterocycles. The van der Waals surface area contributed by atoms with Crippen LogP contribution in [0.5, 0.6) is 0 Å². The van der Waals surface area contributed by atoms with Crippen molar-refractivity contribution in [3.8, 4) is 11.1 Å². The standard InChI is InChI=1S/C20H25N3O3/c1-25-18-6-3-11-26-20(18)7-9-23(10-8-20)19(24)16-5-2-4-15(12-16)17-13-21-22-14-17/h2,4-5,12-14,18H,3,6-11H2,1H3,(H,21,22)/t18-/m0/s1. The number of nitrogens with zero attached hydrogens (tertiary/aromatic N) is 2. The second-order valence-electron chi connectivity index (χ2n) is 7.14. The lowest BCUT2D eigenvalue weighted by Gasteiger charge is -2.48. The van der Waals surface area contributed by atoms with Crippen molar-refractivity contribution in [1.82, 2.24) is 15.1 Å². The first-order valence-electron chi connectivity index (χ1n) is 9.27. The zero-order valence-corrected chi connectivity index (χ0v) is 15.1. The van der Waals surface area contributed by atoms with E-state index in [9.17, 15) is 4.79 Å². The SMILES string of the molecule is CO[C@H]1CCCOC12CCN(C(=O)c1cccc(-c3cn[nH]c3)c1)CC2. The summed E-state index contributed by atoms with van der Waals surface area (Å²) >= 11 is 0. The van der Waals surface area contributed by atoms with E-state index in [1.807, 2.05) is 35.4 Å². The first kappa shape index (κ1) is 17.2.